The summed E-state index contributed by atoms with van der Waals surface area (Å²) in [4.78, 5) is 0. The smallest absolute Gasteiger partial charge is 0.162 e. The molecule has 0 fully saturated rings. The molecule has 1 heterocycles. The van der Waals surface area contributed by atoms with E-state index in [0.717, 1.165) is 0 Å². The van der Waals surface area contributed by atoms with E-state index in [-0.39, 0.29) is 5.82 Å². The van der Waals surface area contributed by atoms with Gasteiger partial charge in [0, 0.05) is 11.6 Å². The van der Waals surface area contributed by atoms with Crippen LogP contribution in [0, 0.1) is 5.82 Å². The number of hydrogen-bond acceptors (Lipinski definition) is 3. The molecule has 0 bridgehead atoms. The Kier molecular flexibility index (Phi) is 3.51. The van der Waals surface area contributed by atoms with Crippen LogP contribution in [-0.4, -0.2) is 18.3 Å². The highest BCUT2D eigenvalue weighted by molar-refractivity contribution is 6.31. The van der Waals surface area contributed by atoms with Crippen molar-refractivity contribution in [2.24, 2.45) is 0 Å². The van der Waals surface area contributed by atoms with Gasteiger partial charge >= 0.3 is 0 Å². The molecule has 20 heavy (non-hydrogen) atoms. The van der Waals surface area contributed by atoms with Crippen LogP contribution in [-0.2, 0) is 0 Å². The maximum absolute atomic E-state index is 12.9. The van der Waals surface area contributed by atoms with Crippen LogP contribution in [0.5, 0.6) is 11.5 Å². The molecule has 2 aromatic carbocycles. The van der Waals surface area contributed by atoms with Gasteiger partial charge in [-0.3, -0.25) is 0 Å². The van der Waals surface area contributed by atoms with Gasteiger partial charge in [-0.15, -0.1) is 0 Å². The lowest BCUT2D eigenvalue weighted by atomic mass is 10.0. The van der Waals surface area contributed by atoms with Crippen LogP contribution in [0.4, 0.5) is 4.39 Å². The van der Waals surface area contributed by atoms with Gasteiger partial charge in [-0.25, -0.2) is 4.39 Å². The van der Waals surface area contributed by atoms with E-state index in [4.69, 9.17) is 21.1 Å². The topological polar surface area (TPSA) is 38.7 Å². The highest BCUT2D eigenvalue weighted by Crippen LogP contribution is 2.39. The molecule has 5 heteroatoms. The molecule has 0 aromatic heterocycles. The molecule has 3 rings (SSSR count). The third-order valence-corrected chi connectivity index (χ3v) is 3.47. The average molecular weight is 295 g/mol. The molecule has 1 N–H and O–H groups in total. The number of fused-ring (bicyclic) bond motifs is 1. The Hall–Kier alpha value is -1.78. The Bertz CT molecular complexity index is 628. The minimum absolute atomic E-state index is 0.353. The van der Waals surface area contributed by atoms with E-state index in [0.29, 0.717) is 40.9 Å². The van der Waals surface area contributed by atoms with Gasteiger partial charge in [0.1, 0.15) is 25.1 Å². The minimum Gasteiger partial charge on any atom is -0.486 e. The third kappa shape index (κ3) is 2.44. The molecule has 0 radical (unpaired) electrons. The zero-order chi connectivity index (χ0) is 14.1. The first-order valence-electron chi connectivity index (χ1n) is 6.18. The second kappa shape index (κ2) is 5.31. The fraction of sp³-hybridized carbons (Fsp3) is 0.200. The van der Waals surface area contributed by atoms with Crippen molar-refractivity contribution < 1.29 is 19.0 Å². The third-order valence-electron chi connectivity index (χ3n) is 3.14. The fourth-order valence-corrected chi connectivity index (χ4v) is 2.37. The Morgan fingerprint density at radius 3 is 2.30 bits per heavy atom. The van der Waals surface area contributed by atoms with E-state index in [1.165, 1.54) is 24.3 Å². The normalized spacial score (nSPS) is 14.9. The van der Waals surface area contributed by atoms with Crippen molar-refractivity contribution >= 4 is 11.6 Å². The van der Waals surface area contributed by atoms with Crippen molar-refractivity contribution in [2.75, 3.05) is 13.2 Å². The van der Waals surface area contributed by atoms with E-state index in [1.54, 1.807) is 12.1 Å². The quantitative estimate of drug-likeness (QED) is 0.923. The number of aliphatic hydroxyl groups is 1. The molecular weight excluding hydrogens is 283 g/mol. The summed E-state index contributed by atoms with van der Waals surface area (Å²) in [5.41, 5.74) is 1.06. The first-order valence-corrected chi connectivity index (χ1v) is 6.55. The predicted molar refractivity (Wildman–Crippen MR) is 72.9 cm³/mol. The SMILES string of the molecule is OC(c1ccc(F)cc1)c1cc2c(cc1Cl)OCCO2. The molecule has 1 aliphatic rings. The van der Waals surface area contributed by atoms with Gasteiger partial charge in [0.25, 0.3) is 0 Å². The van der Waals surface area contributed by atoms with Gasteiger partial charge in [0.2, 0.25) is 0 Å². The van der Waals surface area contributed by atoms with E-state index in [9.17, 15) is 9.50 Å². The highest BCUT2D eigenvalue weighted by Gasteiger charge is 2.20. The zero-order valence-electron chi connectivity index (χ0n) is 10.5. The fourth-order valence-electron chi connectivity index (χ4n) is 2.11. The first-order chi connectivity index (χ1) is 9.65. The summed E-state index contributed by atoms with van der Waals surface area (Å²) >= 11 is 6.17. The molecule has 104 valence electrons. The average Bonchev–Trinajstić information content (AvgIpc) is 2.46. The van der Waals surface area contributed by atoms with E-state index in [1.807, 2.05) is 0 Å². The Morgan fingerprint density at radius 1 is 1.05 bits per heavy atom. The summed E-state index contributed by atoms with van der Waals surface area (Å²) in [5.74, 6) is 0.766. The summed E-state index contributed by atoms with van der Waals surface area (Å²) in [6, 6.07) is 8.91. The van der Waals surface area contributed by atoms with Crippen LogP contribution in [0.25, 0.3) is 0 Å². The molecule has 0 amide bonds. The number of benzene rings is 2. The molecule has 0 saturated heterocycles. The first kappa shape index (κ1) is 13.2. The summed E-state index contributed by atoms with van der Waals surface area (Å²) in [5, 5.41) is 10.7. The standard InChI is InChI=1S/C15H12ClFO3/c16-12-8-14-13(19-5-6-20-14)7-11(12)15(18)9-1-3-10(17)4-2-9/h1-4,7-8,15,18H,5-6H2. The van der Waals surface area contributed by atoms with Crippen molar-refractivity contribution in [1.29, 1.82) is 0 Å². The monoisotopic (exact) mass is 294 g/mol. The molecule has 0 spiro atoms. The summed E-state index contributed by atoms with van der Waals surface area (Å²) in [6.45, 7) is 0.934. The summed E-state index contributed by atoms with van der Waals surface area (Å²) in [6.07, 6.45) is -0.945. The Labute approximate surface area is 120 Å². The lowest BCUT2D eigenvalue weighted by Crippen LogP contribution is -2.16. The molecule has 1 aliphatic heterocycles. The number of rotatable bonds is 2. The van der Waals surface area contributed by atoms with Crippen molar-refractivity contribution in [3.05, 3.63) is 58.4 Å². The summed E-state index contributed by atoms with van der Waals surface area (Å²) in [7, 11) is 0. The van der Waals surface area contributed by atoms with Crippen molar-refractivity contribution in [2.45, 2.75) is 6.10 Å². The molecular formula is C15H12ClFO3. The second-order valence-electron chi connectivity index (χ2n) is 4.47. The molecule has 0 aliphatic carbocycles. The maximum atomic E-state index is 12.9. The number of halogens is 2. The zero-order valence-corrected chi connectivity index (χ0v) is 11.2. The van der Waals surface area contributed by atoms with E-state index >= 15 is 0 Å². The second-order valence-corrected chi connectivity index (χ2v) is 4.88. The van der Waals surface area contributed by atoms with E-state index < -0.39 is 6.10 Å². The van der Waals surface area contributed by atoms with Crippen molar-refractivity contribution in [3.8, 4) is 11.5 Å². The van der Waals surface area contributed by atoms with Gasteiger partial charge in [-0.1, -0.05) is 23.7 Å². The molecule has 3 nitrogen and oxygen atoms in total. The molecule has 1 atom stereocenters. The highest BCUT2D eigenvalue weighted by atomic mass is 35.5. The van der Waals surface area contributed by atoms with Crippen molar-refractivity contribution in [3.63, 3.8) is 0 Å². The Morgan fingerprint density at radius 2 is 1.65 bits per heavy atom. The largest absolute Gasteiger partial charge is 0.486 e. The Balaban J connectivity index is 1.98. The van der Waals surface area contributed by atoms with Crippen LogP contribution < -0.4 is 9.47 Å². The maximum Gasteiger partial charge on any atom is 0.162 e. The molecule has 0 saturated carbocycles. The van der Waals surface area contributed by atoms with Crippen LogP contribution >= 0.6 is 11.6 Å². The number of hydrogen-bond donors (Lipinski definition) is 1. The van der Waals surface area contributed by atoms with Gasteiger partial charge in [0.15, 0.2) is 11.5 Å². The van der Waals surface area contributed by atoms with Crippen LogP contribution in [0.2, 0.25) is 5.02 Å². The molecule has 2 aromatic rings. The number of aliphatic hydroxyl groups excluding tert-OH is 1. The predicted octanol–water partition coefficient (Wildman–Crippen LogP) is 3.33. The van der Waals surface area contributed by atoms with Crippen LogP contribution in [0.15, 0.2) is 36.4 Å². The summed E-state index contributed by atoms with van der Waals surface area (Å²) < 4.78 is 23.8. The van der Waals surface area contributed by atoms with E-state index in [2.05, 4.69) is 0 Å². The lowest BCUT2D eigenvalue weighted by Gasteiger charge is -2.21. The van der Waals surface area contributed by atoms with Gasteiger partial charge in [-0.05, 0) is 23.8 Å². The van der Waals surface area contributed by atoms with Gasteiger partial charge < -0.3 is 14.6 Å². The number of ether oxygens (including phenoxy) is 2. The van der Waals surface area contributed by atoms with Gasteiger partial charge in [-0.2, -0.15) is 0 Å². The van der Waals surface area contributed by atoms with Crippen molar-refractivity contribution in [1.82, 2.24) is 0 Å². The lowest BCUT2D eigenvalue weighted by molar-refractivity contribution is 0.169. The van der Waals surface area contributed by atoms with Gasteiger partial charge in [0.05, 0.1) is 5.02 Å². The van der Waals surface area contributed by atoms with Crippen LogP contribution in [0.1, 0.15) is 17.2 Å². The molecule has 1 unspecified atom stereocenters. The van der Waals surface area contributed by atoms with Crippen LogP contribution in [0.3, 0.4) is 0 Å². The minimum atomic E-state index is -0.945.